The highest BCUT2D eigenvalue weighted by molar-refractivity contribution is 7.89. The second-order valence-electron chi connectivity index (χ2n) is 7.62. The summed E-state index contributed by atoms with van der Waals surface area (Å²) < 4.78 is 35.6. The second kappa shape index (κ2) is 9.91. The number of rotatable bonds is 6. The van der Waals surface area contributed by atoms with E-state index in [1.807, 2.05) is 25.1 Å². The van der Waals surface area contributed by atoms with Crippen LogP contribution < -0.4 is 9.54 Å². The van der Waals surface area contributed by atoms with Crippen LogP contribution in [0.4, 0.5) is 0 Å². The van der Waals surface area contributed by atoms with Crippen molar-refractivity contribution in [3.63, 3.8) is 0 Å². The van der Waals surface area contributed by atoms with Gasteiger partial charge >= 0.3 is 0 Å². The third-order valence-electron chi connectivity index (χ3n) is 5.46. The van der Waals surface area contributed by atoms with Crippen molar-refractivity contribution < 1.29 is 17.9 Å². The van der Waals surface area contributed by atoms with Gasteiger partial charge in [0, 0.05) is 18.7 Å². The zero-order valence-electron chi connectivity index (χ0n) is 18.4. The maximum Gasteiger partial charge on any atom is 0.279 e. The van der Waals surface area contributed by atoms with Crippen LogP contribution in [0.5, 0.6) is 5.75 Å². The molecule has 1 fully saturated rings. The topological polar surface area (TPSA) is 81.0 Å². The minimum absolute atomic E-state index is 0.187. The smallest absolute Gasteiger partial charge is 0.279 e. The Morgan fingerprint density at radius 3 is 2.55 bits per heavy atom. The second-order valence-corrected chi connectivity index (χ2v) is 10.6. The third kappa shape index (κ3) is 4.74. The molecule has 172 valence electrons. The van der Waals surface area contributed by atoms with Crippen LogP contribution in [0.15, 0.2) is 52.4 Å². The van der Waals surface area contributed by atoms with E-state index in [2.05, 4.69) is 10.9 Å². The fraction of sp³-hybridized carbons (Fsp3) is 0.333. The van der Waals surface area contributed by atoms with Crippen LogP contribution >= 0.6 is 11.3 Å². The number of piperidine rings is 1. The number of para-hydroxylation sites is 1. The Bertz CT molecular complexity index is 1370. The molecule has 0 aliphatic carbocycles. The lowest BCUT2D eigenvalue weighted by Gasteiger charge is -2.25. The Morgan fingerprint density at radius 1 is 1.15 bits per heavy atom. The molecule has 33 heavy (non-hydrogen) atoms. The van der Waals surface area contributed by atoms with E-state index >= 15 is 0 Å². The number of sulfonamides is 1. The number of amides is 1. The number of aromatic nitrogens is 1. The summed E-state index contributed by atoms with van der Waals surface area (Å²) in [7, 11) is -3.55. The summed E-state index contributed by atoms with van der Waals surface area (Å²) in [4.78, 5) is 17.9. The normalized spacial score (nSPS) is 15.5. The summed E-state index contributed by atoms with van der Waals surface area (Å²) in [6.07, 6.45) is 8.35. The molecule has 0 unspecified atom stereocenters. The predicted molar refractivity (Wildman–Crippen MR) is 129 cm³/mol. The molecule has 2 aromatic carbocycles. The fourth-order valence-electron chi connectivity index (χ4n) is 3.87. The lowest BCUT2D eigenvalue weighted by molar-refractivity contribution is 0.0997. The number of nitrogens with zero attached hydrogens (tertiary/aromatic N) is 3. The molecule has 0 N–H and O–H groups in total. The predicted octanol–water partition coefficient (Wildman–Crippen LogP) is 3.65. The largest absolute Gasteiger partial charge is 0.492 e. The Labute approximate surface area is 197 Å². The molecule has 3 aromatic rings. The average molecular weight is 484 g/mol. The first-order valence-electron chi connectivity index (χ1n) is 10.8. The van der Waals surface area contributed by atoms with Crippen LogP contribution in [0.25, 0.3) is 10.2 Å². The van der Waals surface area contributed by atoms with Crippen LogP contribution in [0.2, 0.25) is 0 Å². The molecule has 1 aliphatic heterocycles. The number of carbonyl (C=O) groups excluding carboxylic acids is 1. The van der Waals surface area contributed by atoms with Crippen LogP contribution in [0.3, 0.4) is 0 Å². The zero-order chi connectivity index (χ0) is 23.4. The number of hydrogen-bond acceptors (Lipinski definition) is 5. The van der Waals surface area contributed by atoms with Gasteiger partial charge in [0.25, 0.3) is 5.91 Å². The first-order chi connectivity index (χ1) is 16.0. The molecule has 9 heteroatoms. The van der Waals surface area contributed by atoms with Gasteiger partial charge in [-0.3, -0.25) is 4.79 Å². The fourth-order valence-corrected chi connectivity index (χ4v) is 6.43. The molecule has 0 spiro atoms. The summed E-state index contributed by atoms with van der Waals surface area (Å²) >= 11 is 1.35. The Balaban J connectivity index is 1.68. The Hall–Kier alpha value is -2.93. The van der Waals surface area contributed by atoms with Gasteiger partial charge in [0.05, 0.1) is 22.7 Å². The number of fused-ring (bicyclic) bond motifs is 1. The average Bonchev–Trinajstić information content (AvgIpc) is 3.18. The van der Waals surface area contributed by atoms with E-state index in [9.17, 15) is 13.2 Å². The van der Waals surface area contributed by atoms with Crippen molar-refractivity contribution in [3.8, 4) is 18.1 Å². The van der Waals surface area contributed by atoms with Crippen molar-refractivity contribution in [2.45, 2.75) is 37.6 Å². The number of thiazole rings is 1. The molecule has 2 heterocycles. The molecule has 1 aromatic heterocycles. The maximum atomic E-state index is 12.9. The quantitative estimate of drug-likeness (QED) is 0.501. The molecule has 0 radical (unpaired) electrons. The number of carbonyl (C=O) groups is 1. The molecule has 1 aliphatic rings. The maximum absolute atomic E-state index is 12.9. The van der Waals surface area contributed by atoms with Gasteiger partial charge in [-0.15, -0.1) is 6.42 Å². The highest BCUT2D eigenvalue weighted by Crippen LogP contribution is 2.28. The van der Waals surface area contributed by atoms with Crippen LogP contribution in [0, 0.1) is 12.3 Å². The summed E-state index contributed by atoms with van der Waals surface area (Å²) in [5.41, 5.74) is 1.11. The van der Waals surface area contributed by atoms with E-state index in [4.69, 9.17) is 11.2 Å². The minimum atomic E-state index is -3.55. The van der Waals surface area contributed by atoms with E-state index in [-0.39, 0.29) is 11.4 Å². The van der Waals surface area contributed by atoms with E-state index in [0.717, 1.165) is 29.5 Å². The molecule has 1 amide bonds. The van der Waals surface area contributed by atoms with E-state index in [0.29, 0.717) is 35.8 Å². The molecule has 7 nitrogen and oxygen atoms in total. The van der Waals surface area contributed by atoms with Gasteiger partial charge in [-0.25, -0.2) is 8.42 Å². The highest BCUT2D eigenvalue weighted by atomic mass is 32.2. The number of benzene rings is 2. The molecule has 1 saturated heterocycles. The highest BCUT2D eigenvalue weighted by Gasteiger charge is 2.26. The van der Waals surface area contributed by atoms with Gasteiger partial charge in [-0.2, -0.15) is 9.30 Å². The van der Waals surface area contributed by atoms with Gasteiger partial charge in [0.2, 0.25) is 10.0 Å². The van der Waals surface area contributed by atoms with Crippen molar-refractivity contribution in [2.24, 2.45) is 4.99 Å². The first kappa shape index (κ1) is 23.2. The monoisotopic (exact) mass is 483 g/mol. The van der Waals surface area contributed by atoms with Crippen molar-refractivity contribution in [2.75, 3.05) is 19.7 Å². The van der Waals surface area contributed by atoms with Gasteiger partial charge in [0.15, 0.2) is 4.80 Å². The van der Waals surface area contributed by atoms with Crippen molar-refractivity contribution in [1.82, 2.24) is 8.87 Å². The van der Waals surface area contributed by atoms with E-state index < -0.39 is 15.9 Å². The van der Waals surface area contributed by atoms with Gasteiger partial charge in [-0.05, 0) is 56.2 Å². The standard InChI is InChI=1S/C24H25N3O4S2/c1-3-15-27-22-20(31-4-2)9-8-10-21(22)32-24(27)25-23(28)18-11-13-19(14-12-18)33(29,30)26-16-6-5-7-17-26/h1,8-14H,4-7,15-17H2,2H3. The third-order valence-corrected chi connectivity index (χ3v) is 8.42. The Kier molecular flexibility index (Phi) is 6.98. The first-order valence-corrected chi connectivity index (χ1v) is 13.1. The summed E-state index contributed by atoms with van der Waals surface area (Å²) in [5, 5.41) is 0. The molecule has 0 saturated carbocycles. The zero-order valence-corrected chi connectivity index (χ0v) is 20.0. The number of hydrogen-bond donors (Lipinski definition) is 0. The van der Waals surface area contributed by atoms with Crippen molar-refractivity contribution in [3.05, 3.63) is 52.8 Å². The van der Waals surface area contributed by atoms with Crippen LogP contribution in [-0.2, 0) is 16.6 Å². The van der Waals surface area contributed by atoms with E-state index in [1.54, 1.807) is 4.57 Å². The summed E-state index contributed by atoms with van der Waals surface area (Å²) in [6.45, 7) is 3.71. The summed E-state index contributed by atoms with van der Waals surface area (Å²) in [5.74, 6) is 2.83. The molecular formula is C24H25N3O4S2. The lowest BCUT2D eigenvalue weighted by atomic mass is 10.2. The van der Waals surface area contributed by atoms with Gasteiger partial charge in [0.1, 0.15) is 11.3 Å². The van der Waals surface area contributed by atoms with Crippen molar-refractivity contribution >= 4 is 37.5 Å². The number of terminal acetylenes is 1. The molecule has 0 atom stereocenters. The van der Waals surface area contributed by atoms with Crippen LogP contribution in [0.1, 0.15) is 36.5 Å². The van der Waals surface area contributed by atoms with Crippen LogP contribution in [-0.4, -0.2) is 42.9 Å². The molecule has 4 rings (SSSR count). The summed E-state index contributed by atoms with van der Waals surface area (Å²) in [6, 6.07) is 11.6. The van der Waals surface area contributed by atoms with Crippen molar-refractivity contribution in [1.29, 1.82) is 0 Å². The van der Waals surface area contributed by atoms with Gasteiger partial charge < -0.3 is 9.30 Å². The Morgan fingerprint density at radius 2 is 1.88 bits per heavy atom. The minimum Gasteiger partial charge on any atom is -0.492 e. The van der Waals surface area contributed by atoms with E-state index in [1.165, 1.54) is 39.9 Å². The number of ether oxygens (including phenoxy) is 1. The SMILES string of the molecule is C#CCn1c(=NC(=O)c2ccc(S(=O)(=O)N3CCCCC3)cc2)sc2cccc(OCC)c21. The lowest BCUT2D eigenvalue weighted by Crippen LogP contribution is -2.35. The van der Waals surface area contributed by atoms with Gasteiger partial charge in [-0.1, -0.05) is 29.7 Å². The molecular weight excluding hydrogens is 458 g/mol. The molecule has 0 bridgehead atoms.